The number of rotatable bonds is 4. The van der Waals surface area contributed by atoms with Gasteiger partial charge in [0, 0.05) is 47.0 Å². The Labute approximate surface area is 249 Å². The topological polar surface area (TPSA) is 113 Å². The quantitative estimate of drug-likeness (QED) is 0.330. The second-order valence-electron chi connectivity index (χ2n) is 11.7. The molecule has 9 heteroatoms. The van der Waals surface area contributed by atoms with Crippen molar-refractivity contribution in [3.8, 4) is 11.5 Å². The van der Waals surface area contributed by atoms with Gasteiger partial charge in [-0.2, -0.15) is 0 Å². The number of ketones is 2. The molecule has 1 N–H and O–H groups in total. The van der Waals surface area contributed by atoms with E-state index in [4.69, 9.17) is 9.47 Å². The molecule has 0 spiro atoms. The van der Waals surface area contributed by atoms with E-state index in [9.17, 15) is 24.3 Å². The Bertz CT molecular complexity index is 1660. The van der Waals surface area contributed by atoms with Crippen LogP contribution >= 0.6 is 0 Å². The number of ether oxygens (including phenoxy) is 2. The van der Waals surface area contributed by atoms with Crippen molar-refractivity contribution in [2.24, 2.45) is 17.8 Å². The molecule has 9 nitrogen and oxygen atoms in total. The first-order valence-corrected chi connectivity index (χ1v) is 14.7. The fraction of sp³-hybridized carbons (Fsp3) is 0.353. The molecule has 2 fully saturated rings. The number of anilines is 2. The van der Waals surface area contributed by atoms with Crippen molar-refractivity contribution in [1.82, 2.24) is 0 Å². The van der Waals surface area contributed by atoms with Gasteiger partial charge in [-0.1, -0.05) is 17.7 Å². The summed E-state index contributed by atoms with van der Waals surface area (Å²) in [6, 6.07) is 12.3. The molecule has 43 heavy (non-hydrogen) atoms. The molecule has 0 saturated carbocycles. The van der Waals surface area contributed by atoms with Crippen LogP contribution in [0.1, 0.15) is 31.2 Å². The van der Waals surface area contributed by atoms with E-state index in [1.54, 1.807) is 31.2 Å². The van der Waals surface area contributed by atoms with Crippen LogP contribution in [0.15, 0.2) is 76.9 Å². The largest absolute Gasteiger partial charge is 0.507 e. The van der Waals surface area contributed by atoms with Gasteiger partial charge >= 0.3 is 0 Å². The zero-order valence-corrected chi connectivity index (χ0v) is 24.0. The van der Waals surface area contributed by atoms with Crippen LogP contribution in [0.3, 0.4) is 0 Å². The maximum absolute atomic E-state index is 14.2. The Morgan fingerprint density at radius 2 is 1.65 bits per heavy atom. The molecule has 2 aromatic rings. The van der Waals surface area contributed by atoms with Crippen LogP contribution in [-0.4, -0.2) is 61.9 Å². The lowest BCUT2D eigenvalue weighted by Crippen LogP contribution is -2.40. The van der Waals surface area contributed by atoms with E-state index in [1.807, 2.05) is 18.2 Å². The van der Waals surface area contributed by atoms with Crippen LogP contribution < -0.4 is 14.5 Å². The fourth-order valence-electron chi connectivity index (χ4n) is 7.60. The molecule has 0 aromatic heterocycles. The third-order valence-electron chi connectivity index (χ3n) is 9.60. The monoisotopic (exact) mass is 580 g/mol. The summed E-state index contributed by atoms with van der Waals surface area (Å²) in [6.45, 7) is 4.47. The number of carbonyl (C=O) groups is 4. The minimum atomic E-state index is -0.781. The third-order valence-corrected chi connectivity index (χ3v) is 9.60. The summed E-state index contributed by atoms with van der Waals surface area (Å²) in [7, 11) is 1.48. The standard InChI is InChI=1S/C34H32N2O7/c1-18-16-26(38)29-24(32(18)39)17-23-21(30(29)31-25(37)4-3-5-27(31)42-2)10-11-22-28(23)34(41)36(33(22)40)20-8-6-19(7-9-20)35-12-14-43-15-13-35/h3-10,16,22-23,28,30,37H,11-15,17H2,1-2H3. The third kappa shape index (κ3) is 4.17. The van der Waals surface area contributed by atoms with Crippen molar-refractivity contribution in [3.05, 3.63) is 82.5 Å². The molecule has 4 atom stereocenters. The van der Waals surface area contributed by atoms with E-state index in [-0.39, 0.29) is 35.6 Å². The molecular formula is C34H32N2O7. The SMILES string of the molecule is COc1cccc(O)c1C1C2=CCC3C(=O)N(c4ccc(N5CCOCC5)cc4)C(=O)C3C2CC2=C1C(=O)C=C(C)C2=O. The number of aromatic hydroxyl groups is 1. The van der Waals surface area contributed by atoms with Crippen LogP contribution in [0, 0.1) is 17.8 Å². The molecule has 5 aliphatic rings. The van der Waals surface area contributed by atoms with E-state index >= 15 is 0 Å². The number of imide groups is 1. The van der Waals surface area contributed by atoms with Gasteiger partial charge < -0.3 is 19.5 Å². The molecule has 0 bridgehead atoms. The summed E-state index contributed by atoms with van der Waals surface area (Å²) < 4.78 is 11.1. The molecule has 7 rings (SSSR count). The van der Waals surface area contributed by atoms with E-state index in [0.29, 0.717) is 53.4 Å². The first-order chi connectivity index (χ1) is 20.8. The number of carbonyl (C=O) groups excluding carboxylic acids is 4. The predicted molar refractivity (Wildman–Crippen MR) is 158 cm³/mol. The zero-order valence-electron chi connectivity index (χ0n) is 24.0. The number of methoxy groups -OCH3 is 1. The van der Waals surface area contributed by atoms with Crippen LogP contribution in [0.5, 0.6) is 11.5 Å². The van der Waals surface area contributed by atoms with Crippen molar-refractivity contribution in [2.45, 2.75) is 25.7 Å². The summed E-state index contributed by atoms with van der Waals surface area (Å²) in [5, 5.41) is 11.1. The molecule has 0 radical (unpaired) electrons. The highest BCUT2D eigenvalue weighted by Crippen LogP contribution is 2.57. The van der Waals surface area contributed by atoms with Gasteiger partial charge in [0.25, 0.3) is 0 Å². The molecule has 2 heterocycles. The molecule has 2 saturated heterocycles. The highest BCUT2D eigenvalue weighted by molar-refractivity contribution is 6.25. The van der Waals surface area contributed by atoms with Crippen molar-refractivity contribution in [2.75, 3.05) is 43.2 Å². The van der Waals surface area contributed by atoms with Gasteiger partial charge in [-0.15, -0.1) is 0 Å². The van der Waals surface area contributed by atoms with Crippen LogP contribution in [0.4, 0.5) is 11.4 Å². The lowest BCUT2D eigenvalue weighted by Gasteiger charge is -2.42. The number of Topliss-reactive ketones (excluding diaryl/α,β-unsaturated/α-hetero) is 1. The number of morpholine rings is 1. The van der Waals surface area contributed by atoms with E-state index in [2.05, 4.69) is 4.90 Å². The van der Waals surface area contributed by atoms with Crippen LogP contribution in [0.2, 0.25) is 0 Å². The second-order valence-corrected chi connectivity index (χ2v) is 11.7. The first-order valence-electron chi connectivity index (χ1n) is 14.7. The van der Waals surface area contributed by atoms with Gasteiger partial charge in [0.15, 0.2) is 11.6 Å². The molecular weight excluding hydrogens is 548 g/mol. The number of phenols is 1. The number of fused-ring (bicyclic) bond motifs is 3. The summed E-state index contributed by atoms with van der Waals surface area (Å²) in [4.78, 5) is 58.5. The maximum atomic E-state index is 14.2. The number of allylic oxidation sites excluding steroid dienone is 6. The zero-order chi connectivity index (χ0) is 30.0. The Hall–Kier alpha value is -4.50. The van der Waals surface area contributed by atoms with Gasteiger partial charge in [0.05, 0.1) is 37.8 Å². The van der Waals surface area contributed by atoms with Crippen LogP contribution in [0.25, 0.3) is 0 Å². The van der Waals surface area contributed by atoms with Gasteiger partial charge in [-0.25, -0.2) is 0 Å². The number of amides is 2. The minimum absolute atomic E-state index is 0.0674. The minimum Gasteiger partial charge on any atom is -0.507 e. The van der Waals surface area contributed by atoms with Crippen molar-refractivity contribution in [1.29, 1.82) is 0 Å². The van der Waals surface area contributed by atoms with Crippen molar-refractivity contribution in [3.63, 3.8) is 0 Å². The average Bonchev–Trinajstić information content (AvgIpc) is 3.28. The number of hydrogen-bond donors (Lipinski definition) is 1. The Kier molecular flexibility index (Phi) is 6.58. The normalized spacial score (nSPS) is 27.0. The summed E-state index contributed by atoms with van der Waals surface area (Å²) in [5.41, 5.74) is 3.65. The predicted octanol–water partition coefficient (Wildman–Crippen LogP) is 3.87. The lowest BCUT2D eigenvalue weighted by atomic mass is 9.59. The molecule has 2 amide bonds. The molecule has 2 aromatic carbocycles. The fourth-order valence-corrected chi connectivity index (χ4v) is 7.60. The number of phenolic OH excluding ortho intramolecular Hbond substituents is 1. The summed E-state index contributed by atoms with van der Waals surface area (Å²) >= 11 is 0. The highest BCUT2D eigenvalue weighted by atomic mass is 16.5. The van der Waals surface area contributed by atoms with Crippen molar-refractivity contribution >= 4 is 34.8 Å². The Morgan fingerprint density at radius 1 is 0.930 bits per heavy atom. The van der Waals surface area contributed by atoms with Gasteiger partial charge in [0.1, 0.15) is 11.5 Å². The van der Waals surface area contributed by atoms with Gasteiger partial charge in [0.2, 0.25) is 11.8 Å². The van der Waals surface area contributed by atoms with Gasteiger partial charge in [-0.3, -0.25) is 24.1 Å². The first kappa shape index (κ1) is 27.3. The molecule has 220 valence electrons. The lowest BCUT2D eigenvalue weighted by molar-refractivity contribution is -0.123. The highest BCUT2D eigenvalue weighted by Gasteiger charge is 2.57. The summed E-state index contributed by atoms with van der Waals surface area (Å²) in [5.74, 6) is -3.36. The van der Waals surface area contributed by atoms with E-state index in [1.165, 1.54) is 24.2 Å². The number of benzene rings is 2. The van der Waals surface area contributed by atoms with Crippen LogP contribution in [-0.2, 0) is 23.9 Å². The summed E-state index contributed by atoms with van der Waals surface area (Å²) in [6.07, 6.45) is 3.77. The molecule has 4 unspecified atom stereocenters. The Morgan fingerprint density at radius 3 is 2.37 bits per heavy atom. The second kappa shape index (κ2) is 10.3. The van der Waals surface area contributed by atoms with E-state index < -0.39 is 23.7 Å². The molecule has 3 aliphatic carbocycles. The maximum Gasteiger partial charge on any atom is 0.238 e. The number of nitrogens with zero attached hydrogens (tertiary/aromatic N) is 2. The Balaban J connectivity index is 1.29. The van der Waals surface area contributed by atoms with E-state index in [0.717, 1.165) is 24.4 Å². The molecule has 2 aliphatic heterocycles. The van der Waals surface area contributed by atoms with Gasteiger partial charge in [-0.05, 0) is 68.2 Å². The smallest absolute Gasteiger partial charge is 0.238 e. The number of hydrogen-bond acceptors (Lipinski definition) is 8. The average molecular weight is 581 g/mol. The van der Waals surface area contributed by atoms with Crippen molar-refractivity contribution < 1.29 is 33.8 Å².